The number of rotatable bonds is 4. The Morgan fingerprint density at radius 3 is 2.32 bits per heavy atom. The van der Waals surface area contributed by atoms with Gasteiger partial charge in [-0.3, -0.25) is 4.79 Å². The van der Waals surface area contributed by atoms with Gasteiger partial charge in [0.15, 0.2) is 5.82 Å². The van der Waals surface area contributed by atoms with E-state index < -0.39 is 5.91 Å². The van der Waals surface area contributed by atoms with Gasteiger partial charge >= 0.3 is 0 Å². The number of aromatic nitrogens is 5. The Morgan fingerprint density at radius 1 is 1.06 bits per heavy atom. The number of primary amides is 1. The minimum absolute atomic E-state index is 0.125. The number of hydrogen-bond acceptors (Lipinski definition) is 5. The topological polar surface area (TPSA) is 103 Å². The van der Waals surface area contributed by atoms with E-state index >= 15 is 0 Å². The Bertz CT molecular complexity index is 1110. The summed E-state index contributed by atoms with van der Waals surface area (Å²) in [6.45, 7) is 16.2. The first-order chi connectivity index (χ1) is 16.5. The average Bonchev–Trinajstić information content (AvgIpc) is 3.53. The molecule has 0 aliphatic heterocycles. The lowest BCUT2D eigenvalue weighted by Crippen LogP contribution is -2.11. The summed E-state index contributed by atoms with van der Waals surface area (Å²) in [6.07, 6.45) is 6.43. The zero-order valence-electron chi connectivity index (χ0n) is 21.5. The van der Waals surface area contributed by atoms with E-state index in [1.54, 1.807) is 46.0 Å². The quantitative estimate of drug-likeness (QED) is 0.325. The van der Waals surface area contributed by atoms with Crippen LogP contribution in [0.15, 0.2) is 55.1 Å². The number of carbonyl (C=O) groups excluding carboxylic acids is 1. The van der Waals surface area contributed by atoms with E-state index in [0.717, 1.165) is 11.2 Å². The van der Waals surface area contributed by atoms with E-state index in [-0.39, 0.29) is 5.28 Å². The summed E-state index contributed by atoms with van der Waals surface area (Å²) in [7, 11) is 0. The molecule has 0 fully saturated rings. The van der Waals surface area contributed by atoms with Crippen molar-refractivity contribution in [2.75, 3.05) is 5.32 Å². The van der Waals surface area contributed by atoms with Crippen molar-refractivity contribution in [2.24, 2.45) is 5.73 Å². The van der Waals surface area contributed by atoms with Gasteiger partial charge in [-0.25, -0.2) is 9.50 Å². The van der Waals surface area contributed by atoms with Crippen LogP contribution < -0.4 is 11.1 Å². The lowest BCUT2D eigenvalue weighted by molar-refractivity contribution is 0.1000. The van der Waals surface area contributed by atoms with Crippen LogP contribution in [0.2, 0.25) is 5.28 Å². The molecule has 1 amide bonds. The summed E-state index contributed by atoms with van der Waals surface area (Å²) >= 11 is 5.94. The highest BCUT2D eigenvalue weighted by Crippen LogP contribution is 2.21. The van der Waals surface area contributed by atoms with Gasteiger partial charge in [0.05, 0.1) is 6.20 Å². The Morgan fingerprint density at radius 2 is 1.71 bits per heavy atom. The van der Waals surface area contributed by atoms with Gasteiger partial charge in [-0.1, -0.05) is 67.9 Å². The molecule has 3 N–H and O–H groups in total. The van der Waals surface area contributed by atoms with Crippen LogP contribution in [0.3, 0.4) is 0 Å². The number of nitrogens with zero attached hydrogens (tertiary/aromatic N) is 5. The Balaban J connectivity index is 0.00000108. The molecule has 4 aromatic rings. The van der Waals surface area contributed by atoms with Crippen LogP contribution in [0.4, 0.5) is 11.6 Å². The fourth-order valence-corrected chi connectivity index (χ4v) is 2.64. The van der Waals surface area contributed by atoms with Crippen molar-refractivity contribution in [3.8, 4) is 5.69 Å². The molecule has 0 saturated carbocycles. The number of imidazole rings is 1. The second-order valence-electron chi connectivity index (χ2n) is 5.98. The standard InChI is InChI=1S/C16H12ClN7O.C3H8.3C2H6/c17-16-21-15(12-5-2-6-24(12)22-16)20-13-8-23(9-19-13)11-4-1-3-10(7-11)14(18)25;1-3-2;3*1-2/h1-9H,(H2,18,25)(H,20,21,22);3H2,1-2H3;3*1-2H3. The van der Waals surface area contributed by atoms with Gasteiger partial charge < -0.3 is 15.6 Å². The first-order valence-corrected chi connectivity index (χ1v) is 12.1. The predicted octanol–water partition coefficient (Wildman–Crippen LogP) is 6.91. The van der Waals surface area contributed by atoms with Crippen LogP contribution in [0.5, 0.6) is 0 Å². The number of anilines is 2. The number of nitrogens with one attached hydrogen (secondary N) is 1. The van der Waals surface area contributed by atoms with Crippen LogP contribution in [0, 0.1) is 0 Å². The minimum atomic E-state index is -0.480. The van der Waals surface area contributed by atoms with E-state index in [2.05, 4.69) is 34.2 Å². The molecule has 186 valence electrons. The maximum Gasteiger partial charge on any atom is 0.248 e. The van der Waals surface area contributed by atoms with Crippen molar-refractivity contribution in [3.05, 3.63) is 66.0 Å². The highest BCUT2D eigenvalue weighted by atomic mass is 35.5. The smallest absolute Gasteiger partial charge is 0.248 e. The molecule has 0 radical (unpaired) electrons. The number of amides is 1. The molecule has 3 heterocycles. The van der Waals surface area contributed by atoms with Crippen LogP contribution in [0.1, 0.15) is 72.2 Å². The van der Waals surface area contributed by atoms with Crippen molar-refractivity contribution < 1.29 is 4.79 Å². The number of benzene rings is 1. The predicted molar refractivity (Wildman–Crippen MR) is 143 cm³/mol. The third-order valence-corrected chi connectivity index (χ3v) is 3.78. The van der Waals surface area contributed by atoms with Gasteiger partial charge in [-0.2, -0.15) is 4.98 Å². The van der Waals surface area contributed by atoms with Crippen LogP contribution in [-0.4, -0.2) is 30.1 Å². The number of carbonyl (C=O) groups is 1. The Hall–Kier alpha value is -3.39. The van der Waals surface area contributed by atoms with Gasteiger partial charge in [-0.15, -0.1) is 5.10 Å². The molecule has 0 unspecified atom stereocenters. The Kier molecular flexibility index (Phi) is 15.4. The fourth-order valence-electron chi connectivity index (χ4n) is 2.47. The molecule has 0 saturated heterocycles. The molecular weight excluding hydrogens is 450 g/mol. The summed E-state index contributed by atoms with van der Waals surface area (Å²) in [5.74, 6) is 0.634. The normalized spacial score (nSPS) is 9.09. The average molecular weight is 488 g/mol. The van der Waals surface area contributed by atoms with E-state index in [0.29, 0.717) is 17.2 Å². The maximum absolute atomic E-state index is 11.3. The molecule has 9 heteroatoms. The molecule has 8 nitrogen and oxygen atoms in total. The molecule has 0 spiro atoms. The van der Waals surface area contributed by atoms with E-state index in [4.69, 9.17) is 17.3 Å². The largest absolute Gasteiger partial charge is 0.366 e. The van der Waals surface area contributed by atoms with Crippen molar-refractivity contribution in [1.29, 1.82) is 0 Å². The third-order valence-electron chi connectivity index (χ3n) is 3.62. The molecule has 1 aromatic carbocycles. The SMILES string of the molecule is CC.CC.CC.CCC.NC(=O)c1cccc(-n2cnc(Nc3nc(Cl)nn4cccc34)c2)c1. The number of fused-ring (bicyclic) bond motifs is 1. The summed E-state index contributed by atoms with van der Waals surface area (Å²) in [5.41, 5.74) is 7.29. The summed E-state index contributed by atoms with van der Waals surface area (Å²) in [5, 5.41) is 7.32. The van der Waals surface area contributed by atoms with Crippen molar-refractivity contribution in [1.82, 2.24) is 24.1 Å². The van der Waals surface area contributed by atoms with E-state index in [1.807, 2.05) is 59.7 Å². The second kappa shape index (κ2) is 17.1. The van der Waals surface area contributed by atoms with E-state index in [9.17, 15) is 4.79 Å². The molecule has 34 heavy (non-hydrogen) atoms. The third kappa shape index (κ3) is 8.86. The Labute approximate surface area is 208 Å². The highest BCUT2D eigenvalue weighted by Gasteiger charge is 2.09. The van der Waals surface area contributed by atoms with Gasteiger partial charge in [0, 0.05) is 17.4 Å². The van der Waals surface area contributed by atoms with Crippen molar-refractivity contribution in [3.63, 3.8) is 0 Å². The fraction of sp³-hybridized carbons (Fsp3) is 0.360. The summed E-state index contributed by atoms with van der Waals surface area (Å²) in [6, 6.07) is 10.7. The van der Waals surface area contributed by atoms with Crippen molar-refractivity contribution >= 4 is 34.7 Å². The molecule has 0 aliphatic rings. The van der Waals surface area contributed by atoms with Crippen molar-refractivity contribution in [2.45, 2.75) is 61.8 Å². The van der Waals surface area contributed by atoms with Crippen LogP contribution >= 0.6 is 11.6 Å². The molecular formula is C25H38ClN7O. The van der Waals surface area contributed by atoms with Gasteiger partial charge in [0.25, 0.3) is 0 Å². The van der Waals surface area contributed by atoms with E-state index in [1.165, 1.54) is 6.42 Å². The zero-order chi connectivity index (χ0) is 26.1. The number of nitrogens with two attached hydrogens (primary N) is 1. The lowest BCUT2D eigenvalue weighted by Gasteiger charge is -2.05. The molecule has 3 aromatic heterocycles. The summed E-state index contributed by atoms with van der Waals surface area (Å²) in [4.78, 5) is 19.8. The van der Waals surface area contributed by atoms with Gasteiger partial charge in [0.1, 0.15) is 17.7 Å². The van der Waals surface area contributed by atoms with Crippen LogP contribution in [-0.2, 0) is 0 Å². The maximum atomic E-state index is 11.3. The molecule has 0 bridgehead atoms. The molecule has 0 aliphatic carbocycles. The summed E-state index contributed by atoms with van der Waals surface area (Å²) < 4.78 is 3.40. The molecule has 4 rings (SSSR count). The second-order valence-corrected chi connectivity index (χ2v) is 6.32. The monoisotopic (exact) mass is 487 g/mol. The van der Waals surface area contributed by atoms with Gasteiger partial charge in [-0.05, 0) is 41.9 Å². The minimum Gasteiger partial charge on any atom is -0.366 e. The van der Waals surface area contributed by atoms with Crippen LogP contribution in [0.25, 0.3) is 11.2 Å². The molecule has 0 atom stereocenters. The first-order valence-electron chi connectivity index (χ1n) is 11.7. The first kappa shape index (κ1) is 30.6. The number of hydrogen-bond donors (Lipinski definition) is 2. The highest BCUT2D eigenvalue weighted by molar-refractivity contribution is 6.28. The lowest BCUT2D eigenvalue weighted by atomic mass is 10.2. The zero-order valence-corrected chi connectivity index (χ0v) is 22.3. The number of halogens is 1. The van der Waals surface area contributed by atoms with Gasteiger partial charge in [0.2, 0.25) is 11.2 Å².